The Hall–Kier alpha value is -2.37. The van der Waals surface area contributed by atoms with Crippen molar-refractivity contribution in [2.75, 3.05) is 5.32 Å². The molecule has 0 spiro atoms. The monoisotopic (exact) mass is 249 g/mol. The van der Waals surface area contributed by atoms with Crippen LogP contribution in [0.4, 0.5) is 5.69 Å². The summed E-state index contributed by atoms with van der Waals surface area (Å²) < 4.78 is 0. The molecule has 0 unspecified atom stereocenters. The number of carbonyl (C=O) groups excluding carboxylic acids is 3. The van der Waals surface area contributed by atoms with Gasteiger partial charge in [-0.05, 0) is 12.5 Å². The lowest BCUT2D eigenvalue weighted by Crippen LogP contribution is -2.31. The Morgan fingerprint density at radius 2 is 1.83 bits per heavy atom. The van der Waals surface area contributed by atoms with Gasteiger partial charge in [0.15, 0.2) is 0 Å². The Kier molecular flexibility index (Phi) is 4.42. The van der Waals surface area contributed by atoms with Gasteiger partial charge in [-0.25, -0.2) is 0 Å². The van der Waals surface area contributed by atoms with E-state index in [0.717, 1.165) is 0 Å². The van der Waals surface area contributed by atoms with Gasteiger partial charge in [0.25, 0.3) is 0 Å². The summed E-state index contributed by atoms with van der Waals surface area (Å²) in [5.41, 5.74) is -0.0841. The molecule has 6 heteroatoms. The van der Waals surface area contributed by atoms with Crippen LogP contribution < -0.4 is 15.5 Å². The number of benzene rings is 1. The number of amides is 1. The molecule has 1 aromatic rings. The van der Waals surface area contributed by atoms with Crippen LogP contribution in [0.15, 0.2) is 24.3 Å². The van der Waals surface area contributed by atoms with E-state index < -0.39 is 30.2 Å². The van der Waals surface area contributed by atoms with Crippen molar-refractivity contribution in [3.63, 3.8) is 0 Å². The Morgan fingerprint density at radius 1 is 1.22 bits per heavy atom. The zero-order chi connectivity index (χ0) is 13.7. The van der Waals surface area contributed by atoms with Gasteiger partial charge in [-0.1, -0.05) is 25.1 Å². The topological polar surface area (TPSA) is 109 Å². The summed E-state index contributed by atoms with van der Waals surface area (Å²) in [6, 6.07) is 5.72. The van der Waals surface area contributed by atoms with Gasteiger partial charge in [-0.2, -0.15) is 0 Å². The van der Waals surface area contributed by atoms with Crippen molar-refractivity contribution >= 4 is 23.5 Å². The first kappa shape index (κ1) is 13.7. The molecule has 1 aromatic carbocycles. The number of carboxylic acids is 2. The first-order valence-electron chi connectivity index (χ1n) is 5.23. The maximum atomic E-state index is 11.6. The second-order valence-electron chi connectivity index (χ2n) is 3.80. The fourth-order valence-electron chi connectivity index (χ4n) is 1.37. The van der Waals surface area contributed by atoms with E-state index in [9.17, 15) is 24.6 Å². The maximum Gasteiger partial charge on any atom is 0.227 e. The van der Waals surface area contributed by atoms with Crippen molar-refractivity contribution in [2.24, 2.45) is 5.92 Å². The Balaban J connectivity index is 2.82. The molecule has 0 radical (unpaired) electrons. The molecule has 1 rings (SSSR count). The van der Waals surface area contributed by atoms with Crippen molar-refractivity contribution in [3.05, 3.63) is 29.8 Å². The summed E-state index contributed by atoms with van der Waals surface area (Å²) in [6.45, 7) is 1.41. The van der Waals surface area contributed by atoms with E-state index in [2.05, 4.69) is 5.32 Å². The van der Waals surface area contributed by atoms with Crippen LogP contribution in [0.5, 0.6) is 0 Å². The highest BCUT2D eigenvalue weighted by atomic mass is 16.4. The number of anilines is 1. The van der Waals surface area contributed by atoms with Crippen LogP contribution in [0, 0.1) is 5.92 Å². The standard InChI is InChI=1S/C12H13NO5/c1-7(6-10(14)15)11(16)13-9-5-3-2-4-8(9)12(17)18/h2-5,7H,6H2,1H3,(H,13,16)(H,14,15)(H,17,18)/p-2/t7-/m0/s1. The Labute approximate surface area is 103 Å². The third kappa shape index (κ3) is 3.58. The molecule has 0 saturated carbocycles. The molecule has 1 atom stereocenters. The van der Waals surface area contributed by atoms with Crippen molar-refractivity contribution in [1.82, 2.24) is 0 Å². The number of rotatable bonds is 5. The fourth-order valence-corrected chi connectivity index (χ4v) is 1.37. The SMILES string of the molecule is C[C@@H](CC(=O)[O-])C(=O)Nc1ccccc1C(=O)[O-]. The summed E-state index contributed by atoms with van der Waals surface area (Å²) in [4.78, 5) is 32.7. The Bertz CT molecular complexity index is 483. The quantitative estimate of drug-likeness (QED) is 0.702. The molecule has 0 heterocycles. The van der Waals surface area contributed by atoms with E-state index in [0.29, 0.717) is 0 Å². The lowest BCUT2D eigenvalue weighted by molar-refractivity contribution is -0.306. The lowest BCUT2D eigenvalue weighted by Gasteiger charge is -2.15. The number of carboxylic acid groups (broad SMARTS) is 2. The molecule has 0 fully saturated rings. The minimum Gasteiger partial charge on any atom is -0.550 e. The molecule has 18 heavy (non-hydrogen) atoms. The van der Waals surface area contributed by atoms with Gasteiger partial charge in [0.05, 0.1) is 5.97 Å². The van der Waals surface area contributed by atoms with Gasteiger partial charge in [0.2, 0.25) is 5.91 Å². The number of para-hydroxylation sites is 1. The van der Waals surface area contributed by atoms with Crippen molar-refractivity contribution in [2.45, 2.75) is 13.3 Å². The van der Waals surface area contributed by atoms with Crippen molar-refractivity contribution in [1.29, 1.82) is 0 Å². The second kappa shape index (κ2) is 5.81. The number of carbonyl (C=O) groups is 3. The number of aliphatic carboxylic acids is 1. The van der Waals surface area contributed by atoms with Gasteiger partial charge >= 0.3 is 0 Å². The van der Waals surface area contributed by atoms with Crippen LogP contribution in [0.1, 0.15) is 23.7 Å². The smallest absolute Gasteiger partial charge is 0.227 e. The normalized spacial score (nSPS) is 11.6. The summed E-state index contributed by atoms with van der Waals surface area (Å²) in [5, 5.41) is 23.5. The van der Waals surface area contributed by atoms with Crippen molar-refractivity contribution in [3.8, 4) is 0 Å². The molecule has 0 saturated heterocycles. The highest BCUT2D eigenvalue weighted by Crippen LogP contribution is 2.15. The highest BCUT2D eigenvalue weighted by molar-refractivity contribution is 6.00. The van der Waals surface area contributed by atoms with Gasteiger partial charge in [0, 0.05) is 23.1 Å². The van der Waals surface area contributed by atoms with Gasteiger partial charge in [-0.15, -0.1) is 0 Å². The van der Waals surface area contributed by atoms with Crippen LogP contribution >= 0.6 is 0 Å². The zero-order valence-electron chi connectivity index (χ0n) is 9.64. The van der Waals surface area contributed by atoms with Crippen LogP contribution in [0.3, 0.4) is 0 Å². The molecule has 0 aliphatic heterocycles. The second-order valence-corrected chi connectivity index (χ2v) is 3.80. The molecular formula is C12H11NO5-2. The summed E-state index contributed by atoms with van der Waals surface area (Å²) >= 11 is 0. The molecule has 0 aliphatic carbocycles. The van der Waals surface area contributed by atoms with E-state index in [1.165, 1.54) is 25.1 Å². The lowest BCUT2D eigenvalue weighted by atomic mass is 10.1. The minimum atomic E-state index is -1.42. The number of nitrogens with one attached hydrogen (secondary N) is 1. The van der Waals surface area contributed by atoms with Crippen molar-refractivity contribution < 1.29 is 24.6 Å². The molecule has 0 bridgehead atoms. The largest absolute Gasteiger partial charge is 0.550 e. The minimum absolute atomic E-state index is 0.0766. The summed E-state index contributed by atoms with van der Waals surface area (Å²) in [6.07, 6.45) is -0.431. The number of aromatic carboxylic acids is 1. The van der Waals surface area contributed by atoms with Crippen LogP contribution in [0.2, 0.25) is 0 Å². The molecule has 96 valence electrons. The van der Waals surface area contributed by atoms with Crippen LogP contribution in [-0.4, -0.2) is 17.8 Å². The first-order valence-corrected chi connectivity index (χ1v) is 5.23. The highest BCUT2D eigenvalue weighted by Gasteiger charge is 2.14. The van der Waals surface area contributed by atoms with E-state index in [1.807, 2.05) is 0 Å². The molecular weight excluding hydrogens is 238 g/mol. The average molecular weight is 249 g/mol. The average Bonchev–Trinajstić information content (AvgIpc) is 2.28. The number of hydrogen-bond acceptors (Lipinski definition) is 5. The van der Waals surface area contributed by atoms with E-state index in [-0.39, 0.29) is 11.3 Å². The van der Waals surface area contributed by atoms with Gasteiger partial charge in [0.1, 0.15) is 0 Å². The van der Waals surface area contributed by atoms with Crippen LogP contribution in [-0.2, 0) is 9.59 Å². The first-order chi connectivity index (χ1) is 8.41. The molecule has 6 nitrogen and oxygen atoms in total. The fraction of sp³-hybridized carbons (Fsp3) is 0.250. The molecule has 0 aromatic heterocycles. The summed E-state index contributed by atoms with van der Waals surface area (Å²) in [7, 11) is 0. The maximum absolute atomic E-state index is 11.6. The van der Waals surface area contributed by atoms with E-state index in [4.69, 9.17) is 0 Å². The Morgan fingerprint density at radius 3 is 2.39 bits per heavy atom. The molecule has 1 N–H and O–H groups in total. The molecule has 0 aliphatic rings. The predicted octanol–water partition coefficient (Wildman–Crippen LogP) is -1.24. The van der Waals surface area contributed by atoms with Crippen LogP contribution in [0.25, 0.3) is 0 Å². The summed E-state index contributed by atoms with van der Waals surface area (Å²) in [5.74, 6) is -4.16. The van der Waals surface area contributed by atoms with E-state index >= 15 is 0 Å². The zero-order valence-corrected chi connectivity index (χ0v) is 9.64. The van der Waals surface area contributed by atoms with E-state index in [1.54, 1.807) is 6.07 Å². The third-order valence-electron chi connectivity index (χ3n) is 2.33. The number of hydrogen-bond donors (Lipinski definition) is 1. The predicted molar refractivity (Wildman–Crippen MR) is 58.2 cm³/mol. The molecule has 1 amide bonds. The van der Waals surface area contributed by atoms with Gasteiger partial charge < -0.3 is 25.1 Å². The third-order valence-corrected chi connectivity index (χ3v) is 2.33. The van der Waals surface area contributed by atoms with Gasteiger partial charge in [-0.3, -0.25) is 4.79 Å².